The van der Waals surface area contributed by atoms with Crippen LogP contribution in [-0.4, -0.2) is 18.0 Å². The second-order valence-electron chi connectivity index (χ2n) is 6.80. The largest absolute Gasteiger partial charge is 0.354 e. The van der Waals surface area contributed by atoms with E-state index in [1.165, 1.54) is 16.3 Å². The van der Waals surface area contributed by atoms with Gasteiger partial charge < -0.3 is 11.1 Å². The van der Waals surface area contributed by atoms with Crippen molar-refractivity contribution in [2.45, 2.75) is 44.6 Å². The highest BCUT2D eigenvalue weighted by Gasteiger charge is 2.44. The third kappa shape index (κ3) is 3.73. The van der Waals surface area contributed by atoms with Gasteiger partial charge in [-0.2, -0.15) is 0 Å². The van der Waals surface area contributed by atoms with Crippen molar-refractivity contribution in [1.82, 2.24) is 5.32 Å². The van der Waals surface area contributed by atoms with Crippen molar-refractivity contribution in [2.75, 3.05) is 6.54 Å². The number of benzene rings is 2. The molecule has 2 atom stereocenters. The maximum Gasteiger partial charge on any atom is 0.223 e. The van der Waals surface area contributed by atoms with Crippen LogP contribution in [0.15, 0.2) is 42.5 Å². The van der Waals surface area contributed by atoms with E-state index in [1.54, 1.807) is 0 Å². The summed E-state index contributed by atoms with van der Waals surface area (Å²) < 4.78 is 0. The first-order valence-corrected chi connectivity index (χ1v) is 8.62. The third-order valence-corrected chi connectivity index (χ3v) is 5.37. The maximum absolute atomic E-state index is 12.4. The summed E-state index contributed by atoms with van der Waals surface area (Å²) in [7, 11) is 0. The van der Waals surface area contributed by atoms with Gasteiger partial charge in [0.2, 0.25) is 5.91 Å². The first kappa shape index (κ1) is 18.8. The van der Waals surface area contributed by atoms with Crippen LogP contribution in [-0.2, 0) is 4.79 Å². The number of fused-ring (bicyclic) bond motifs is 1. The van der Waals surface area contributed by atoms with Crippen molar-refractivity contribution in [1.29, 1.82) is 0 Å². The molecule has 3 N–H and O–H groups in total. The highest BCUT2D eigenvalue weighted by molar-refractivity contribution is 5.89. The molecule has 0 spiro atoms. The van der Waals surface area contributed by atoms with Crippen molar-refractivity contribution in [3.63, 3.8) is 0 Å². The van der Waals surface area contributed by atoms with E-state index in [1.807, 2.05) is 0 Å². The lowest BCUT2D eigenvalue weighted by molar-refractivity contribution is -0.122. The van der Waals surface area contributed by atoms with E-state index in [-0.39, 0.29) is 29.8 Å². The number of hydrogen-bond acceptors (Lipinski definition) is 2. The summed E-state index contributed by atoms with van der Waals surface area (Å²) >= 11 is 0. The summed E-state index contributed by atoms with van der Waals surface area (Å²) in [6.45, 7) is 4.72. The van der Waals surface area contributed by atoms with Gasteiger partial charge in [0.1, 0.15) is 0 Å². The van der Waals surface area contributed by atoms with E-state index in [2.05, 4.69) is 61.6 Å². The Kier molecular flexibility index (Phi) is 5.89. The predicted octanol–water partition coefficient (Wildman–Crippen LogP) is 4.00. The quantitative estimate of drug-likeness (QED) is 0.830. The Morgan fingerprint density at radius 3 is 2.54 bits per heavy atom. The molecule has 2 unspecified atom stereocenters. The number of nitrogens with two attached hydrogens (primary N) is 1. The lowest BCUT2D eigenvalue weighted by Gasteiger charge is -2.26. The zero-order valence-electron chi connectivity index (χ0n) is 14.4. The van der Waals surface area contributed by atoms with Crippen LogP contribution in [0, 0.1) is 5.92 Å². The van der Waals surface area contributed by atoms with E-state index in [4.69, 9.17) is 5.73 Å². The molecule has 3 nitrogen and oxygen atoms in total. The average molecular weight is 347 g/mol. The van der Waals surface area contributed by atoms with Crippen LogP contribution >= 0.6 is 12.4 Å². The van der Waals surface area contributed by atoms with Gasteiger partial charge in [0.15, 0.2) is 0 Å². The van der Waals surface area contributed by atoms with Gasteiger partial charge in [-0.15, -0.1) is 12.4 Å². The van der Waals surface area contributed by atoms with E-state index in [0.29, 0.717) is 12.5 Å². The van der Waals surface area contributed by atoms with Crippen LogP contribution in [0.5, 0.6) is 0 Å². The molecule has 1 aliphatic rings. The molecule has 2 aromatic rings. The van der Waals surface area contributed by atoms with Gasteiger partial charge in [0.25, 0.3) is 0 Å². The van der Waals surface area contributed by atoms with Crippen molar-refractivity contribution >= 4 is 29.1 Å². The second kappa shape index (κ2) is 7.54. The molecule has 0 aliphatic heterocycles. The molecule has 130 valence electrons. The van der Waals surface area contributed by atoms with Gasteiger partial charge in [-0.25, -0.2) is 0 Å². The predicted molar refractivity (Wildman–Crippen MR) is 103 cm³/mol. The standard InChI is InChI=1S/C20H26N2O.ClH/c1-3-20(21,4-2)13-22-19(23)18-12-17(18)16-11-7-9-14-8-5-6-10-15(14)16;/h5-11,17-18H,3-4,12-13,21H2,1-2H3,(H,22,23);1H. The molecule has 4 heteroatoms. The van der Waals surface area contributed by atoms with Gasteiger partial charge in [0.05, 0.1) is 0 Å². The van der Waals surface area contributed by atoms with Gasteiger partial charge >= 0.3 is 0 Å². The fraction of sp³-hybridized carbons (Fsp3) is 0.450. The zero-order valence-corrected chi connectivity index (χ0v) is 15.2. The lowest BCUT2D eigenvalue weighted by Crippen LogP contribution is -2.49. The van der Waals surface area contributed by atoms with Crippen molar-refractivity contribution < 1.29 is 4.79 Å². The van der Waals surface area contributed by atoms with Crippen molar-refractivity contribution in [3.05, 3.63) is 48.0 Å². The average Bonchev–Trinajstić information content (AvgIpc) is 3.39. The summed E-state index contributed by atoms with van der Waals surface area (Å²) in [5.41, 5.74) is 7.29. The van der Waals surface area contributed by atoms with E-state index < -0.39 is 0 Å². The Balaban J connectivity index is 0.00000208. The molecule has 3 rings (SSSR count). The first-order chi connectivity index (χ1) is 11.1. The number of carbonyl (C=O) groups is 1. The number of rotatable bonds is 6. The summed E-state index contributed by atoms with van der Waals surface area (Å²) in [5.74, 6) is 0.593. The van der Waals surface area contributed by atoms with Gasteiger partial charge in [0, 0.05) is 18.0 Å². The minimum Gasteiger partial charge on any atom is -0.354 e. The summed E-state index contributed by atoms with van der Waals surface area (Å²) in [6.07, 6.45) is 2.69. The minimum absolute atomic E-state index is 0. The first-order valence-electron chi connectivity index (χ1n) is 8.62. The highest BCUT2D eigenvalue weighted by atomic mass is 35.5. The fourth-order valence-electron chi connectivity index (χ4n) is 3.30. The Hall–Kier alpha value is -1.58. The maximum atomic E-state index is 12.4. The van der Waals surface area contributed by atoms with E-state index >= 15 is 0 Å². The Labute approximate surface area is 150 Å². The van der Waals surface area contributed by atoms with Gasteiger partial charge in [-0.1, -0.05) is 56.3 Å². The smallest absolute Gasteiger partial charge is 0.223 e. The molecule has 1 amide bonds. The Morgan fingerprint density at radius 1 is 1.17 bits per heavy atom. The summed E-state index contributed by atoms with van der Waals surface area (Å²) in [6, 6.07) is 14.8. The molecule has 0 aromatic heterocycles. The zero-order chi connectivity index (χ0) is 16.4. The number of nitrogens with one attached hydrogen (secondary N) is 1. The molecule has 24 heavy (non-hydrogen) atoms. The molecule has 2 aromatic carbocycles. The third-order valence-electron chi connectivity index (χ3n) is 5.37. The summed E-state index contributed by atoms with van der Waals surface area (Å²) in [4.78, 5) is 12.4. The number of hydrogen-bond donors (Lipinski definition) is 2. The van der Waals surface area contributed by atoms with Crippen LogP contribution in [0.4, 0.5) is 0 Å². The monoisotopic (exact) mass is 346 g/mol. The molecule has 1 fully saturated rings. The Morgan fingerprint density at radius 2 is 1.83 bits per heavy atom. The molecular formula is C20H27ClN2O. The van der Waals surface area contributed by atoms with Crippen LogP contribution in [0.2, 0.25) is 0 Å². The number of halogens is 1. The minimum atomic E-state index is -0.278. The molecule has 1 aliphatic carbocycles. The fourth-order valence-corrected chi connectivity index (χ4v) is 3.30. The van der Waals surface area contributed by atoms with E-state index in [9.17, 15) is 4.79 Å². The molecule has 0 heterocycles. The van der Waals surface area contributed by atoms with Crippen molar-refractivity contribution in [2.24, 2.45) is 11.7 Å². The SMILES string of the molecule is CCC(N)(CC)CNC(=O)C1CC1c1cccc2ccccc12.Cl. The van der Waals surface area contributed by atoms with Crippen LogP contribution in [0.3, 0.4) is 0 Å². The second-order valence-corrected chi connectivity index (χ2v) is 6.80. The highest BCUT2D eigenvalue weighted by Crippen LogP contribution is 2.49. The van der Waals surface area contributed by atoms with Crippen molar-refractivity contribution in [3.8, 4) is 0 Å². The molecular weight excluding hydrogens is 320 g/mol. The normalized spacial score (nSPS) is 19.6. The van der Waals surface area contributed by atoms with Crippen LogP contribution < -0.4 is 11.1 Å². The molecule has 1 saturated carbocycles. The van der Waals surface area contributed by atoms with Crippen LogP contribution in [0.25, 0.3) is 10.8 Å². The topological polar surface area (TPSA) is 55.1 Å². The Bertz CT molecular complexity index is 706. The van der Waals surface area contributed by atoms with Crippen LogP contribution in [0.1, 0.15) is 44.6 Å². The molecule has 0 saturated heterocycles. The van der Waals surface area contributed by atoms with E-state index in [0.717, 1.165) is 19.3 Å². The van der Waals surface area contributed by atoms with Gasteiger partial charge in [-0.3, -0.25) is 4.79 Å². The lowest BCUT2D eigenvalue weighted by atomic mass is 9.94. The number of carbonyl (C=O) groups excluding carboxylic acids is 1. The van der Waals surface area contributed by atoms with Gasteiger partial charge in [-0.05, 0) is 41.5 Å². The summed E-state index contributed by atoms with van der Waals surface area (Å²) in [5, 5.41) is 5.58. The molecule has 0 bridgehead atoms. The molecule has 0 radical (unpaired) electrons. The number of amides is 1.